The van der Waals surface area contributed by atoms with Gasteiger partial charge in [-0.05, 0) is 29.3 Å². The van der Waals surface area contributed by atoms with E-state index in [0.717, 1.165) is 6.42 Å². The standard InChI is InChI=1S/C16H14N2/c1-3-7-14-12(5-1)9-10-16(17-14)11-13-6-2-4-8-15(13)18-16/h1-10,17-18H,11H2. The highest BCUT2D eigenvalue weighted by Crippen LogP contribution is 2.37. The summed E-state index contributed by atoms with van der Waals surface area (Å²) >= 11 is 0. The van der Waals surface area contributed by atoms with Gasteiger partial charge < -0.3 is 10.6 Å². The van der Waals surface area contributed by atoms with Gasteiger partial charge in [-0.2, -0.15) is 0 Å². The first-order valence-corrected chi connectivity index (χ1v) is 6.27. The number of para-hydroxylation sites is 2. The van der Waals surface area contributed by atoms with Gasteiger partial charge in [0.1, 0.15) is 5.66 Å². The Balaban J connectivity index is 1.74. The molecule has 0 amide bonds. The smallest absolute Gasteiger partial charge is 0.132 e. The van der Waals surface area contributed by atoms with Gasteiger partial charge in [0.05, 0.1) is 0 Å². The van der Waals surface area contributed by atoms with Crippen LogP contribution in [0.3, 0.4) is 0 Å². The highest BCUT2D eigenvalue weighted by molar-refractivity contribution is 5.76. The van der Waals surface area contributed by atoms with Crippen LogP contribution in [-0.2, 0) is 6.42 Å². The predicted octanol–water partition coefficient (Wildman–Crippen LogP) is 3.49. The summed E-state index contributed by atoms with van der Waals surface area (Å²) in [4.78, 5) is 0. The van der Waals surface area contributed by atoms with E-state index in [1.54, 1.807) is 0 Å². The molecule has 88 valence electrons. The maximum Gasteiger partial charge on any atom is 0.132 e. The minimum absolute atomic E-state index is 0.155. The quantitative estimate of drug-likeness (QED) is 0.729. The summed E-state index contributed by atoms with van der Waals surface area (Å²) in [5, 5.41) is 7.21. The molecular weight excluding hydrogens is 220 g/mol. The lowest BCUT2D eigenvalue weighted by atomic mass is 9.97. The molecule has 2 heteroatoms. The molecule has 0 saturated heterocycles. The lowest BCUT2D eigenvalue weighted by Crippen LogP contribution is -2.44. The molecule has 1 atom stereocenters. The van der Waals surface area contributed by atoms with E-state index in [2.05, 4.69) is 71.3 Å². The van der Waals surface area contributed by atoms with Crippen LogP contribution in [-0.4, -0.2) is 5.66 Å². The van der Waals surface area contributed by atoms with Crippen LogP contribution in [0, 0.1) is 0 Å². The minimum Gasteiger partial charge on any atom is -0.359 e. The molecular formula is C16H14N2. The van der Waals surface area contributed by atoms with Gasteiger partial charge in [0.2, 0.25) is 0 Å². The summed E-state index contributed by atoms with van der Waals surface area (Å²) < 4.78 is 0. The van der Waals surface area contributed by atoms with Crippen molar-refractivity contribution in [1.82, 2.24) is 0 Å². The largest absolute Gasteiger partial charge is 0.359 e. The van der Waals surface area contributed by atoms with Gasteiger partial charge in [-0.15, -0.1) is 0 Å². The number of hydrogen-bond donors (Lipinski definition) is 2. The summed E-state index contributed by atoms with van der Waals surface area (Å²) in [5.41, 5.74) is 4.89. The normalized spacial score (nSPS) is 23.1. The molecule has 0 bridgehead atoms. The van der Waals surface area contributed by atoms with Crippen molar-refractivity contribution in [2.75, 3.05) is 10.6 Å². The molecule has 0 fully saturated rings. The third kappa shape index (κ3) is 1.35. The number of benzene rings is 2. The fraction of sp³-hybridized carbons (Fsp3) is 0.125. The van der Waals surface area contributed by atoms with E-state index in [4.69, 9.17) is 0 Å². The van der Waals surface area contributed by atoms with Gasteiger partial charge in [0.15, 0.2) is 0 Å². The second-order valence-corrected chi connectivity index (χ2v) is 4.98. The van der Waals surface area contributed by atoms with Crippen molar-refractivity contribution in [3.8, 4) is 0 Å². The van der Waals surface area contributed by atoms with Gasteiger partial charge in [0.25, 0.3) is 0 Å². The van der Waals surface area contributed by atoms with Crippen molar-refractivity contribution >= 4 is 17.5 Å². The van der Waals surface area contributed by atoms with Gasteiger partial charge in [-0.3, -0.25) is 0 Å². The Morgan fingerprint density at radius 3 is 2.44 bits per heavy atom. The average molecular weight is 234 g/mol. The molecule has 1 spiro atoms. The number of hydrogen-bond acceptors (Lipinski definition) is 2. The van der Waals surface area contributed by atoms with Crippen LogP contribution in [0.4, 0.5) is 11.4 Å². The monoisotopic (exact) mass is 234 g/mol. The van der Waals surface area contributed by atoms with Crippen LogP contribution in [0.2, 0.25) is 0 Å². The maximum absolute atomic E-state index is 3.62. The lowest BCUT2D eigenvalue weighted by molar-refractivity contribution is 0.683. The van der Waals surface area contributed by atoms with Gasteiger partial charge >= 0.3 is 0 Å². The van der Waals surface area contributed by atoms with E-state index >= 15 is 0 Å². The Hall–Kier alpha value is -2.22. The average Bonchev–Trinajstić information content (AvgIpc) is 2.76. The van der Waals surface area contributed by atoms with Crippen LogP contribution in [0.1, 0.15) is 11.1 Å². The van der Waals surface area contributed by atoms with Crippen molar-refractivity contribution < 1.29 is 0 Å². The van der Waals surface area contributed by atoms with E-state index in [1.165, 1.54) is 22.5 Å². The Labute approximate surface area is 106 Å². The summed E-state index contributed by atoms with van der Waals surface area (Å²) in [5.74, 6) is 0. The first-order valence-electron chi connectivity index (χ1n) is 6.27. The third-order valence-corrected chi connectivity index (χ3v) is 3.71. The van der Waals surface area contributed by atoms with Crippen LogP contribution in [0.15, 0.2) is 54.6 Å². The highest BCUT2D eigenvalue weighted by Gasteiger charge is 2.36. The Kier molecular flexibility index (Phi) is 1.84. The molecule has 2 aromatic carbocycles. The van der Waals surface area contributed by atoms with Crippen LogP contribution < -0.4 is 10.6 Å². The molecule has 2 nitrogen and oxygen atoms in total. The van der Waals surface area contributed by atoms with Crippen LogP contribution in [0.5, 0.6) is 0 Å². The summed E-state index contributed by atoms with van der Waals surface area (Å²) in [6.07, 6.45) is 5.41. The molecule has 2 aromatic rings. The van der Waals surface area contributed by atoms with Crippen molar-refractivity contribution in [1.29, 1.82) is 0 Å². The van der Waals surface area contributed by atoms with E-state index < -0.39 is 0 Å². The Morgan fingerprint density at radius 2 is 1.56 bits per heavy atom. The fourth-order valence-electron chi connectivity index (χ4n) is 2.83. The molecule has 0 aromatic heterocycles. The first kappa shape index (κ1) is 9.77. The van der Waals surface area contributed by atoms with Crippen molar-refractivity contribution in [3.63, 3.8) is 0 Å². The molecule has 1 unspecified atom stereocenters. The van der Waals surface area contributed by atoms with Crippen molar-refractivity contribution in [3.05, 3.63) is 65.7 Å². The minimum atomic E-state index is -0.155. The van der Waals surface area contributed by atoms with Crippen molar-refractivity contribution in [2.45, 2.75) is 12.1 Å². The van der Waals surface area contributed by atoms with Gasteiger partial charge in [-0.1, -0.05) is 42.5 Å². The molecule has 0 aliphatic carbocycles. The number of rotatable bonds is 0. The zero-order valence-electron chi connectivity index (χ0n) is 9.98. The zero-order valence-corrected chi connectivity index (χ0v) is 9.98. The molecule has 0 saturated carbocycles. The maximum atomic E-state index is 3.62. The van der Waals surface area contributed by atoms with Gasteiger partial charge in [0, 0.05) is 17.8 Å². The predicted molar refractivity (Wildman–Crippen MR) is 75.6 cm³/mol. The summed E-state index contributed by atoms with van der Waals surface area (Å²) in [7, 11) is 0. The van der Waals surface area contributed by atoms with Crippen LogP contribution in [0.25, 0.3) is 6.08 Å². The van der Waals surface area contributed by atoms with E-state index in [-0.39, 0.29) is 5.66 Å². The topological polar surface area (TPSA) is 24.1 Å². The number of fused-ring (bicyclic) bond motifs is 2. The first-order chi connectivity index (χ1) is 8.85. The summed E-state index contributed by atoms with van der Waals surface area (Å²) in [6.45, 7) is 0. The fourth-order valence-corrected chi connectivity index (χ4v) is 2.83. The zero-order chi connectivity index (χ0) is 12.0. The Bertz CT molecular complexity index is 618. The third-order valence-electron chi connectivity index (χ3n) is 3.71. The SMILES string of the molecule is C1=CC2(Cc3ccccc3N2)Nc2ccccc21. The molecule has 18 heavy (non-hydrogen) atoms. The Morgan fingerprint density at radius 1 is 0.833 bits per heavy atom. The second-order valence-electron chi connectivity index (χ2n) is 4.98. The summed E-state index contributed by atoms with van der Waals surface area (Å²) in [6, 6.07) is 16.9. The van der Waals surface area contributed by atoms with E-state index in [1.807, 2.05) is 0 Å². The van der Waals surface area contributed by atoms with Crippen LogP contribution >= 0.6 is 0 Å². The lowest BCUT2D eigenvalue weighted by Gasteiger charge is -2.33. The second kappa shape index (κ2) is 3.39. The molecule has 2 N–H and O–H groups in total. The van der Waals surface area contributed by atoms with Gasteiger partial charge in [-0.25, -0.2) is 0 Å². The molecule has 2 aliphatic rings. The van der Waals surface area contributed by atoms with Crippen molar-refractivity contribution in [2.24, 2.45) is 0 Å². The van der Waals surface area contributed by atoms with E-state index in [0.29, 0.717) is 0 Å². The van der Waals surface area contributed by atoms with E-state index in [9.17, 15) is 0 Å². The highest BCUT2D eigenvalue weighted by atomic mass is 15.2. The molecule has 0 radical (unpaired) electrons. The number of nitrogens with one attached hydrogen (secondary N) is 2. The molecule has 2 heterocycles. The molecule has 2 aliphatic heterocycles. The number of anilines is 2. The molecule has 4 rings (SSSR count).